The quantitative estimate of drug-likeness (QED) is 0.660. The number of nitrogens with zero attached hydrogens (tertiary/aromatic N) is 2. The van der Waals surface area contributed by atoms with Crippen LogP contribution in [0.15, 0.2) is 48.0 Å². The number of rotatable bonds is 4. The van der Waals surface area contributed by atoms with E-state index >= 15 is 0 Å². The molecular weight excluding hydrogens is 380 g/mol. The molecule has 0 saturated carbocycles. The lowest BCUT2D eigenvalue weighted by atomic mass is 9.92. The summed E-state index contributed by atoms with van der Waals surface area (Å²) in [6.07, 6.45) is 0. The summed E-state index contributed by atoms with van der Waals surface area (Å²) < 4.78 is 5.96. The Bertz CT molecular complexity index is 1090. The number of methoxy groups -OCH3 is 1. The molecule has 0 unspecified atom stereocenters. The van der Waals surface area contributed by atoms with Gasteiger partial charge in [0.05, 0.1) is 22.8 Å². The van der Waals surface area contributed by atoms with Crippen molar-refractivity contribution in [2.24, 2.45) is 0 Å². The number of nitrogens with one attached hydrogen (secondary N) is 2. The Hall–Kier alpha value is -3.46. The SMILES string of the molecule is COc1ccc([C@@]2(C)NC(=O)N(NC(=O)c3ccc4ncsc4c3)C2=O)cc1. The molecule has 4 rings (SSSR count). The van der Waals surface area contributed by atoms with Gasteiger partial charge >= 0.3 is 6.03 Å². The molecule has 28 heavy (non-hydrogen) atoms. The fraction of sp³-hybridized carbons (Fsp3) is 0.158. The van der Waals surface area contributed by atoms with Crippen molar-refractivity contribution in [2.45, 2.75) is 12.5 Å². The largest absolute Gasteiger partial charge is 0.497 e. The van der Waals surface area contributed by atoms with Crippen LogP contribution in [-0.2, 0) is 10.3 Å². The van der Waals surface area contributed by atoms with Gasteiger partial charge in [-0.2, -0.15) is 5.01 Å². The number of thiazole rings is 1. The molecule has 1 saturated heterocycles. The van der Waals surface area contributed by atoms with Crippen LogP contribution in [0.1, 0.15) is 22.8 Å². The monoisotopic (exact) mass is 396 g/mol. The van der Waals surface area contributed by atoms with Crippen molar-refractivity contribution < 1.29 is 19.1 Å². The predicted molar refractivity (Wildman–Crippen MR) is 103 cm³/mol. The number of carbonyl (C=O) groups is 3. The van der Waals surface area contributed by atoms with E-state index in [0.717, 1.165) is 10.2 Å². The molecule has 4 amide bonds. The van der Waals surface area contributed by atoms with Crippen LogP contribution in [-0.4, -0.2) is 34.9 Å². The number of carbonyl (C=O) groups excluding carboxylic acids is 3. The van der Waals surface area contributed by atoms with Gasteiger partial charge in [-0.3, -0.25) is 15.0 Å². The van der Waals surface area contributed by atoms with Crippen molar-refractivity contribution in [2.75, 3.05) is 7.11 Å². The van der Waals surface area contributed by atoms with Crippen LogP contribution in [0.5, 0.6) is 5.75 Å². The van der Waals surface area contributed by atoms with Crippen LogP contribution >= 0.6 is 11.3 Å². The van der Waals surface area contributed by atoms with Crippen molar-refractivity contribution in [3.05, 3.63) is 59.1 Å². The van der Waals surface area contributed by atoms with E-state index in [4.69, 9.17) is 4.74 Å². The Labute approximate surface area is 164 Å². The van der Waals surface area contributed by atoms with Gasteiger partial charge in [0, 0.05) is 5.56 Å². The van der Waals surface area contributed by atoms with Crippen LogP contribution in [0.3, 0.4) is 0 Å². The minimum absolute atomic E-state index is 0.329. The summed E-state index contributed by atoms with van der Waals surface area (Å²) in [5, 5.41) is 3.35. The lowest BCUT2D eigenvalue weighted by molar-refractivity contribution is -0.132. The molecule has 0 bridgehead atoms. The fourth-order valence-electron chi connectivity index (χ4n) is 3.02. The highest BCUT2D eigenvalue weighted by atomic mass is 32.1. The first-order valence-electron chi connectivity index (χ1n) is 8.38. The molecule has 1 aromatic heterocycles. The van der Waals surface area contributed by atoms with Crippen molar-refractivity contribution >= 4 is 39.4 Å². The van der Waals surface area contributed by atoms with Gasteiger partial charge in [-0.25, -0.2) is 9.78 Å². The maximum atomic E-state index is 12.9. The first-order chi connectivity index (χ1) is 13.4. The second kappa shape index (κ2) is 6.61. The van der Waals surface area contributed by atoms with Crippen LogP contribution in [0.2, 0.25) is 0 Å². The molecule has 1 aliphatic heterocycles. The smallest absolute Gasteiger partial charge is 0.344 e. The van der Waals surface area contributed by atoms with E-state index in [1.807, 2.05) is 0 Å². The van der Waals surface area contributed by atoms with E-state index in [1.165, 1.54) is 11.3 Å². The number of benzene rings is 2. The minimum Gasteiger partial charge on any atom is -0.497 e. The average Bonchev–Trinajstić information content (AvgIpc) is 3.26. The third-order valence-corrected chi connectivity index (χ3v) is 5.46. The van der Waals surface area contributed by atoms with Crippen LogP contribution in [0.25, 0.3) is 10.2 Å². The second-order valence-corrected chi connectivity index (χ2v) is 7.29. The molecule has 3 aromatic rings. The Kier molecular flexibility index (Phi) is 4.23. The molecular formula is C19H16N4O4S. The van der Waals surface area contributed by atoms with Crippen LogP contribution in [0, 0.1) is 0 Å². The van der Waals surface area contributed by atoms with Gasteiger partial charge in [0.15, 0.2) is 0 Å². The molecule has 9 heteroatoms. The lowest BCUT2D eigenvalue weighted by Crippen LogP contribution is -2.47. The molecule has 142 valence electrons. The Morgan fingerprint density at radius 1 is 1.21 bits per heavy atom. The maximum Gasteiger partial charge on any atom is 0.344 e. The number of aromatic nitrogens is 1. The van der Waals surface area contributed by atoms with E-state index in [1.54, 1.807) is 62.0 Å². The van der Waals surface area contributed by atoms with E-state index in [0.29, 0.717) is 21.9 Å². The number of urea groups is 1. The number of hydrazine groups is 1. The molecule has 2 N–H and O–H groups in total. The van der Waals surface area contributed by atoms with Gasteiger partial charge in [-0.05, 0) is 42.8 Å². The van der Waals surface area contributed by atoms with Gasteiger partial charge in [0.2, 0.25) is 0 Å². The molecule has 0 radical (unpaired) electrons. The summed E-state index contributed by atoms with van der Waals surface area (Å²) in [6.45, 7) is 1.59. The summed E-state index contributed by atoms with van der Waals surface area (Å²) in [7, 11) is 1.54. The molecule has 0 aliphatic carbocycles. The third-order valence-electron chi connectivity index (χ3n) is 4.67. The summed E-state index contributed by atoms with van der Waals surface area (Å²) in [5.74, 6) is -0.500. The van der Waals surface area contributed by atoms with E-state index in [9.17, 15) is 14.4 Å². The van der Waals surface area contributed by atoms with Gasteiger partial charge in [-0.15, -0.1) is 11.3 Å². The number of ether oxygens (including phenoxy) is 1. The fourth-order valence-corrected chi connectivity index (χ4v) is 3.74. The van der Waals surface area contributed by atoms with Crippen molar-refractivity contribution in [1.29, 1.82) is 0 Å². The molecule has 0 spiro atoms. The van der Waals surface area contributed by atoms with Crippen molar-refractivity contribution in [1.82, 2.24) is 20.7 Å². The highest BCUT2D eigenvalue weighted by Crippen LogP contribution is 2.29. The Balaban J connectivity index is 1.57. The number of fused-ring (bicyclic) bond motifs is 1. The summed E-state index contributed by atoms with van der Waals surface area (Å²) in [4.78, 5) is 42.0. The van der Waals surface area contributed by atoms with Crippen molar-refractivity contribution in [3.8, 4) is 5.75 Å². The first-order valence-corrected chi connectivity index (χ1v) is 9.26. The zero-order chi connectivity index (χ0) is 19.9. The van der Waals surface area contributed by atoms with E-state index in [2.05, 4.69) is 15.7 Å². The highest BCUT2D eigenvalue weighted by molar-refractivity contribution is 7.16. The van der Waals surface area contributed by atoms with Gasteiger partial charge in [-0.1, -0.05) is 12.1 Å². The van der Waals surface area contributed by atoms with Crippen molar-refractivity contribution in [3.63, 3.8) is 0 Å². The van der Waals surface area contributed by atoms with Gasteiger partial charge in [0.25, 0.3) is 11.8 Å². The van der Waals surface area contributed by atoms with Crippen LogP contribution < -0.4 is 15.5 Å². The zero-order valence-corrected chi connectivity index (χ0v) is 15.9. The molecule has 1 atom stereocenters. The Morgan fingerprint density at radius 3 is 2.68 bits per heavy atom. The number of hydrogen-bond donors (Lipinski definition) is 2. The molecule has 2 heterocycles. The summed E-state index contributed by atoms with van der Waals surface area (Å²) in [6, 6.07) is 11.1. The summed E-state index contributed by atoms with van der Waals surface area (Å²) >= 11 is 1.40. The predicted octanol–water partition coefficient (Wildman–Crippen LogP) is 2.42. The first kappa shape index (κ1) is 17.9. The number of hydrogen-bond acceptors (Lipinski definition) is 6. The molecule has 1 aliphatic rings. The third kappa shape index (κ3) is 2.85. The molecule has 1 fully saturated rings. The standard InChI is InChI=1S/C19H16N4O4S/c1-19(12-4-6-13(27-2)7-5-12)17(25)23(18(26)21-19)22-16(24)11-3-8-14-15(9-11)28-10-20-14/h3-10H,1-2H3,(H,21,26)(H,22,24)/t19-/m1/s1. The average molecular weight is 396 g/mol. The van der Waals surface area contributed by atoms with Gasteiger partial charge in [0.1, 0.15) is 11.3 Å². The minimum atomic E-state index is -1.29. The maximum absolute atomic E-state index is 12.9. The van der Waals surface area contributed by atoms with Crippen LogP contribution in [0.4, 0.5) is 4.79 Å². The lowest BCUT2D eigenvalue weighted by Gasteiger charge is -2.22. The molecule has 8 nitrogen and oxygen atoms in total. The van der Waals surface area contributed by atoms with E-state index < -0.39 is 23.4 Å². The second-order valence-electron chi connectivity index (χ2n) is 6.40. The zero-order valence-electron chi connectivity index (χ0n) is 15.1. The molecule has 2 aromatic carbocycles. The highest BCUT2D eigenvalue weighted by Gasteiger charge is 2.50. The summed E-state index contributed by atoms with van der Waals surface area (Å²) in [5.41, 5.74) is 4.47. The number of amides is 4. The topological polar surface area (TPSA) is 101 Å². The number of imide groups is 1. The van der Waals surface area contributed by atoms with Gasteiger partial charge < -0.3 is 10.1 Å². The normalized spacial score (nSPS) is 19.0. The Morgan fingerprint density at radius 2 is 1.96 bits per heavy atom. The van der Waals surface area contributed by atoms with E-state index in [-0.39, 0.29) is 0 Å².